The molecule has 0 radical (unpaired) electrons. The number of guanidine groups is 1. The molecule has 0 saturated carbocycles. The number of rotatable bonds is 4. The zero-order valence-corrected chi connectivity index (χ0v) is 16.7. The third kappa shape index (κ3) is 4.79. The molecule has 0 atom stereocenters. The van der Waals surface area contributed by atoms with Crippen molar-refractivity contribution in [1.29, 1.82) is 0 Å². The lowest BCUT2D eigenvalue weighted by Crippen LogP contribution is -2.36. The Labute approximate surface area is 171 Å². The van der Waals surface area contributed by atoms with E-state index in [1.807, 2.05) is 13.8 Å². The molecular weight excluding hydrogens is 404 g/mol. The van der Waals surface area contributed by atoms with Crippen molar-refractivity contribution in [2.45, 2.75) is 13.8 Å². The lowest BCUT2D eigenvalue weighted by Gasteiger charge is -2.11. The molecule has 3 N–H and O–H groups in total. The van der Waals surface area contributed by atoms with Crippen molar-refractivity contribution in [3.63, 3.8) is 0 Å². The van der Waals surface area contributed by atoms with Gasteiger partial charge in [0.25, 0.3) is 5.91 Å². The molecule has 3 aromatic rings. The highest BCUT2D eigenvalue weighted by Crippen LogP contribution is 2.26. The Kier molecular flexibility index (Phi) is 6.16. The quantitative estimate of drug-likeness (QED) is 0.415. The number of aliphatic imine (C=N–C) groups is 1. The normalized spacial score (nSPS) is 11.9. The summed E-state index contributed by atoms with van der Waals surface area (Å²) in [5.74, 6) is -0.164. The molecule has 0 saturated heterocycles. The van der Waals surface area contributed by atoms with E-state index in [1.54, 1.807) is 24.3 Å². The molecule has 0 aliphatic heterocycles. The van der Waals surface area contributed by atoms with Crippen molar-refractivity contribution < 1.29 is 9.18 Å². The fourth-order valence-electron chi connectivity index (χ4n) is 2.41. The number of halogens is 3. The van der Waals surface area contributed by atoms with E-state index in [4.69, 9.17) is 23.2 Å². The number of H-pyrrole nitrogens is 1. The van der Waals surface area contributed by atoms with Crippen molar-refractivity contribution >= 4 is 51.8 Å². The SMILES string of the molecule is CC(C)CN=C(NC(=O)c1cccc(Cl)c1)Nc1n[nH]c2cc(Cl)c(F)cc12. The first-order valence-electron chi connectivity index (χ1n) is 8.55. The lowest BCUT2D eigenvalue weighted by molar-refractivity contribution is 0.0977. The van der Waals surface area contributed by atoms with Crippen LogP contribution in [0, 0.1) is 11.7 Å². The third-order valence-corrected chi connectivity index (χ3v) is 4.30. The number of nitrogens with one attached hydrogen (secondary N) is 3. The van der Waals surface area contributed by atoms with Crippen LogP contribution in [0.2, 0.25) is 10.0 Å². The van der Waals surface area contributed by atoms with Gasteiger partial charge in [-0.3, -0.25) is 20.2 Å². The van der Waals surface area contributed by atoms with Crippen LogP contribution in [-0.4, -0.2) is 28.6 Å². The number of aromatic nitrogens is 2. The van der Waals surface area contributed by atoms with E-state index >= 15 is 0 Å². The highest BCUT2D eigenvalue weighted by atomic mass is 35.5. The highest BCUT2D eigenvalue weighted by molar-refractivity contribution is 6.31. The predicted octanol–water partition coefficient (Wildman–Crippen LogP) is 4.86. The van der Waals surface area contributed by atoms with Gasteiger partial charge in [0.2, 0.25) is 5.96 Å². The molecule has 2 aromatic carbocycles. The second kappa shape index (κ2) is 8.58. The molecule has 0 spiro atoms. The molecule has 1 amide bonds. The van der Waals surface area contributed by atoms with Crippen molar-refractivity contribution in [3.8, 4) is 0 Å². The molecule has 0 fully saturated rings. The summed E-state index contributed by atoms with van der Waals surface area (Å²) in [6.45, 7) is 4.48. The van der Waals surface area contributed by atoms with Gasteiger partial charge in [0.15, 0.2) is 5.82 Å². The Hall–Kier alpha value is -2.64. The zero-order valence-electron chi connectivity index (χ0n) is 15.2. The summed E-state index contributed by atoms with van der Waals surface area (Å²) in [4.78, 5) is 16.9. The van der Waals surface area contributed by atoms with Crippen molar-refractivity contribution in [2.24, 2.45) is 10.9 Å². The van der Waals surface area contributed by atoms with Gasteiger partial charge in [-0.2, -0.15) is 5.10 Å². The number of hydrogen-bond acceptors (Lipinski definition) is 3. The number of benzene rings is 2. The summed E-state index contributed by atoms with van der Waals surface area (Å²) in [6.07, 6.45) is 0. The minimum atomic E-state index is -0.567. The molecule has 0 aliphatic rings. The van der Waals surface area contributed by atoms with E-state index < -0.39 is 5.82 Å². The summed E-state index contributed by atoms with van der Waals surface area (Å²) < 4.78 is 13.9. The molecule has 0 unspecified atom stereocenters. The van der Waals surface area contributed by atoms with E-state index in [2.05, 4.69) is 25.8 Å². The monoisotopic (exact) mass is 421 g/mol. The van der Waals surface area contributed by atoms with Gasteiger partial charge in [-0.1, -0.05) is 43.1 Å². The number of anilines is 1. The first-order valence-corrected chi connectivity index (χ1v) is 9.30. The van der Waals surface area contributed by atoms with Crippen LogP contribution in [-0.2, 0) is 0 Å². The van der Waals surface area contributed by atoms with Gasteiger partial charge in [-0.05, 0) is 36.2 Å². The Balaban J connectivity index is 1.87. The summed E-state index contributed by atoms with van der Waals surface area (Å²) in [5.41, 5.74) is 0.939. The van der Waals surface area contributed by atoms with E-state index in [0.717, 1.165) is 0 Å². The van der Waals surface area contributed by atoms with E-state index in [1.165, 1.54) is 12.1 Å². The molecule has 0 aliphatic carbocycles. The van der Waals surface area contributed by atoms with E-state index in [9.17, 15) is 9.18 Å². The van der Waals surface area contributed by atoms with Gasteiger partial charge in [0.1, 0.15) is 5.82 Å². The summed E-state index contributed by atoms with van der Waals surface area (Å²) in [6, 6.07) is 9.27. The first kappa shape index (κ1) is 20.1. The largest absolute Gasteiger partial charge is 0.309 e. The Morgan fingerprint density at radius 3 is 2.79 bits per heavy atom. The Bertz CT molecular complexity index is 1050. The molecular formula is C19H18Cl2FN5O. The topological polar surface area (TPSA) is 82.2 Å². The van der Waals surface area contributed by atoms with Gasteiger partial charge in [0, 0.05) is 22.5 Å². The number of nitrogens with zero attached hydrogens (tertiary/aromatic N) is 2. The van der Waals surface area contributed by atoms with Crippen LogP contribution in [0.3, 0.4) is 0 Å². The smallest absolute Gasteiger partial charge is 0.258 e. The van der Waals surface area contributed by atoms with Crippen molar-refractivity contribution in [1.82, 2.24) is 15.5 Å². The minimum absolute atomic E-state index is 0.00865. The second-order valence-electron chi connectivity index (χ2n) is 6.56. The maximum absolute atomic E-state index is 13.9. The number of carbonyl (C=O) groups excluding carboxylic acids is 1. The molecule has 9 heteroatoms. The number of fused-ring (bicyclic) bond motifs is 1. The number of aromatic amines is 1. The van der Waals surface area contributed by atoms with Crippen LogP contribution < -0.4 is 10.6 Å². The summed E-state index contributed by atoms with van der Waals surface area (Å²) >= 11 is 11.8. The molecule has 146 valence electrons. The van der Waals surface area contributed by atoms with Crippen LogP contribution in [0.1, 0.15) is 24.2 Å². The standard InChI is InChI=1S/C19H18Cl2FN5O/c1-10(2)9-23-19(25-18(28)11-4-3-5-12(20)6-11)24-17-13-7-15(22)14(21)8-16(13)26-27-17/h3-8,10H,9H2,1-2H3,(H3,23,24,25,26,27,28). The molecule has 6 nitrogen and oxygen atoms in total. The first-order chi connectivity index (χ1) is 13.3. The maximum Gasteiger partial charge on any atom is 0.258 e. The summed E-state index contributed by atoms with van der Waals surface area (Å²) in [5, 5.41) is 13.5. The Morgan fingerprint density at radius 2 is 2.07 bits per heavy atom. The van der Waals surface area contributed by atoms with Gasteiger partial charge < -0.3 is 5.32 Å². The molecule has 0 bridgehead atoms. The van der Waals surface area contributed by atoms with Crippen LogP contribution >= 0.6 is 23.2 Å². The third-order valence-electron chi connectivity index (χ3n) is 3.77. The summed E-state index contributed by atoms with van der Waals surface area (Å²) in [7, 11) is 0. The van der Waals surface area contributed by atoms with Gasteiger partial charge in [-0.25, -0.2) is 4.39 Å². The fraction of sp³-hybridized carbons (Fsp3) is 0.211. The van der Waals surface area contributed by atoms with Gasteiger partial charge >= 0.3 is 0 Å². The zero-order chi connectivity index (χ0) is 20.3. The van der Waals surface area contributed by atoms with Gasteiger partial charge in [0.05, 0.1) is 10.5 Å². The number of amides is 1. The molecule has 3 rings (SSSR count). The minimum Gasteiger partial charge on any atom is -0.309 e. The van der Waals surface area contributed by atoms with E-state index in [-0.39, 0.29) is 22.8 Å². The number of carbonyl (C=O) groups is 1. The van der Waals surface area contributed by atoms with Crippen LogP contribution in [0.5, 0.6) is 0 Å². The lowest BCUT2D eigenvalue weighted by atomic mass is 10.2. The van der Waals surface area contributed by atoms with Crippen LogP contribution in [0.15, 0.2) is 41.4 Å². The molecule has 1 aromatic heterocycles. The van der Waals surface area contributed by atoms with Crippen molar-refractivity contribution in [2.75, 3.05) is 11.9 Å². The Morgan fingerprint density at radius 1 is 1.29 bits per heavy atom. The van der Waals surface area contributed by atoms with Gasteiger partial charge in [-0.15, -0.1) is 0 Å². The molecule has 1 heterocycles. The predicted molar refractivity (Wildman–Crippen MR) is 111 cm³/mol. The van der Waals surface area contributed by atoms with Crippen LogP contribution in [0.4, 0.5) is 10.2 Å². The maximum atomic E-state index is 13.9. The van der Waals surface area contributed by atoms with Crippen molar-refractivity contribution in [3.05, 3.63) is 57.8 Å². The van der Waals surface area contributed by atoms with Crippen LogP contribution in [0.25, 0.3) is 10.9 Å². The average molecular weight is 422 g/mol. The number of hydrogen-bond donors (Lipinski definition) is 3. The average Bonchev–Trinajstić information content (AvgIpc) is 3.01. The molecule has 28 heavy (non-hydrogen) atoms. The second-order valence-corrected chi connectivity index (χ2v) is 7.40. The highest BCUT2D eigenvalue weighted by Gasteiger charge is 2.14. The fourth-order valence-corrected chi connectivity index (χ4v) is 2.77. The van der Waals surface area contributed by atoms with E-state index in [0.29, 0.717) is 33.9 Å².